The van der Waals surface area contributed by atoms with Gasteiger partial charge in [-0.3, -0.25) is 4.31 Å². The average Bonchev–Trinajstić information content (AvgIpc) is 2.80. The number of nitrogens with zero attached hydrogens (tertiary/aromatic N) is 4. The fourth-order valence-corrected chi connectivity index (χ4v) is 4.68. The summed E-state index contributed by atoms with van der Waals surface area (Å²) in [7, 11) is 1.99. The van der Waals surface area contributed by atoms with Crippen molar-refractivity contribution in [3.8, 4) is 0 Å². The van der Waals surface area contributed by atoms with Gasteiger partial charge in [0.15, 0.2) is 0 Å². The Morgan fingerprint density at radius 3 is 3.00 bits per heavy atom. The Kier molecular flexibility index (Phi) is 2.42. The normalized spacial score (nSPS) is 24.1. The van der Waals surface area contributed by atoms with Gasteiger partial charge in [0, 0.05) is 7.05 Å². The van der Waals surface area contributed by atoms with E-state index in [9.17, 15) is 0 Å². The molecule has 1 aromatic rings. The van der Waals surface area contributed by atoms with Crippen LogP contribution in [0.25, 0.3) is 4.48 Å². The largest absolute Gasteiger partial charge is 0.297 e. The first-order valence-electron chi connectivity index (χ1n) is 4.06. The molecule has 1 aromatic heterocycles. The van der Waals surface area contributed by atoms with E-state index in [4.69, 9.17) is 0 Å². The van der Waals surface area contributed by atoms with Crippen LogP contribution in [0.1, 0.15) is 16.2 Å². The molecule has 3 rings (SSSR count). The van der Waals surface area contributed by atoms with Gasteiger partial charge in [-0.1, -0.05) is 15.9 Å². The molecule has 0 aromatic carbocycles. The summed E-state index contributed by atoms with van der Waals surface area (Å²) in [6.07, 6.45) is 0. The highest BCUT2D eigenvalue weighted by molar-refractivity contribution is 9.15. The van der Waals surface area contributed by atoms with E-state index in [0.29, 0.717) is 0 Å². The predicted octanol–water partition coefficient (Wildman–Crippen LogP) is 3.00. The van der Waals surface area contributed by atoms with Crippen molar-refractivity contribution in [2.75, 3.05) is 7.05 Å². The number of alkyl halides is 1. The van der Waals surface area contributed by atoms with Crippen LogP contribution in [0.5, 0.6) is 0 Å². The van der Waals surface area contributed by atoms with Gasteiger partial charge in [-0.2, -0.15) is 13.1 Å². The van der Waals surface area contributed by atoms with Crippen molar-refractivity contribution in [1.82, 2.24) is 13.1 Å². The molecule has 0 spiro atoms. The lowest BCUT2D eigenvalue weighted by Crippen LogP contribution is -2.20. The molecule has 0 amide bonds. The van der Waals surface area contributed by atoms with Gasteiger partial charge in [-0.25, -0.2) is 0 Å². The van der Waals surface area contributed by atoms with Crippen molar-refractivity contribution >= 4 is 65.9 Å². The zero-order chi connectivity index (χ0) is 10.6. The van der Waals surface area contributed by atoms with Crippen LogP contribution in [0.2, 0.25) is 0 Å². The molecule has 15 heavy (non-hydrogen) atoms. The number of allylic oxidation sites excluding steroid dienone is 1. The SMILES string of the molecule is CN1SN=C2C1=C(Br)c1nsnc1C2Br. The molecule has 1 atom stereocenters. The van der Waals surface area contributed by atoms with E-state index in [-0.39, 0.29) is 4.83 Å². The molecule has 8 heteroatoms. The number of rotatable bonds is 0. The van der Waals surface area contributed by atoms with Crippen LogP contribution in [0.15, 0.2) is 10.1 Å². The van der Waals surface area contributed by atoms with Crippen molar-refractivity contribution in [2.45, 2.75) is 4.83 Å². The van der Waals surface area contributed by atoms with Crippen LogP contribution < -0.4 is 0 Å². The van der Waals surface area contributed by atoms with Crippen molar-refractivity contribution in [3.63, 3.8) is 0 Å². The Morgan fingerprint density at radius 1 is 1.40 bits per heavy atom. The van der Waals surface area contributed by atoms with Gasteiger partial charge >= 0.3 is 0 Å². The van der Waals surface area contributed by atoms with Crippen LogP contribution in [0.4, 0.5) is 0 Å². The first-order valence-corrected chi connectivity index (χ1v) is 7.23. The number of fused-ring (bicyclic) bond motifs is 2. The maximum absolute atomic E-state index is 4.41. The molecule has 0 saturated carbocycles. The van der Waals surface area contributed by atoms with Crippen LogP contribution >= 0.6 is 55.7 Å². The van der Waals surface area contributed by atoms with E-state index in [1.807, 2.05) is 11.4 Å². The topological polar surface area (TPSA) is 41.4 Å². The van der Waals surface area contributed by atoms with Gasteiger partial charge in [0.05, 0.1) is 39.8 Å². The van der Waals surface area contributed by atoms with Gasteiger partial charge in [-0.15, -0.1) is 0 Å². The molecule has 1 unspecified atom stereocenters. The second kappa shape index (κ2) is 3.54. The number of hydrogen-bond acceptors (Lipinski definition) is 6. The highest BCUT2D eigenvalue weighted by Crippen LogP contribution is 2.47. The summed E-state index contributed by atoms with van der Waals surface area (Å²) in [6, 6.07) is 0. The van der Waals surface area contributed by atoms with Gasteiger partial charge in [-0.05, 0) is 15.9 Å². The minimum atomic E-state index is 0.0556. The van der Waals surface area contributed by atoms with Crippen LogP contribution in [0, 0.1) is 0 Å². The first-order chi connectivity index (χ1) is 7.20. The van der Waals surface area contributed by atoms with Crippen molar-refractivity contribution in [3.05, 3.63) is 17.1 Å². The fourth-order valence-electron chi connectivity index (χ4n) is 1.52. The van der Waals surface area contributed by atoms with Gasteiger partial charge in [0.25, 0.3) is 0 Å². The number of hydrogen-bond donors (Lipinski definition) is 0. The quantitative estimate of drug-likeness (QED) is 0.522. The van der Waals surface area contributed by atoms with Crippen LogP contribution in [-0.2, 0) is 0 Å². The van der Waals surface area contributed by atoms with Crippen molar-refractivity contribution in [1.29, 1.82) is 0 Å². The third-order valence-electron chi connectivity index (χ3n) is 2.23. The Hall–Kier alpha value is 0.0800. The molecule has 0 saturated heterocycles. The fraction of sp³-hybridized carbons (Fsp3) is 0.286. The summed E-state index contributed by atoms with van der Waals surface area (Å²) >= 11 is 9.84. The molecule has 0 fully saturated rings. The molecule has 2 aliphatic rings. The molecule has 2 heterocycles. The highest BCUT2D eigenvalue weighted by Gasteiger charge is 2.38. The second-order valence-electron chi connectivity index (χ2n) is 3.08. The number of aromatic nitrogens is 2. The van der Waals surface area contributed by atoms with Crippen molar-refractivity contribution < 1.29 is 0 Å². The smallest absolute Gasteiger partial charge is 0.118 e. The van der Waals surface area contributed by atoms with E-state index in [1.165, 1.54) is 23.9 Å². The zero-order valence-electron chi connectivity index (χ0n) is 7.44. The lowest BCUT2D eigenvalue weighted by atomic mass is 10.0. The third kappa shape index (κ3) is 1.35. The van der Waals surface area contributed by atoms with E-state index in [0.717, 1.165) is 27.3 Å². The van der Waals surface area contributed by atoms with Gasteiger partial charge in [0.2, 0.25) is 0 Å². The molecule has 0 radical (unpaired) electrons. The second-order valence-corrected chi connectivity index (χ2v) is 6.21. The van der Waals surface area contributed by atoms with Gasteiger partial charge in [0.1, 0.15) is 16.2 Å². The van der Waals surface area contributed by atoms with E-state index in [2.05, 4.69) is 45.0 Å². The average molecular weight is 368 g/mol. The monoisotopic (exact) mass is 366 g/mol. The maximum Gasteiger partial charge on any atom is 0.118 e. The summed E-state index contributed by atoms with van der Waals surface area (Å²) in [5.74, 6) is 0. The molecule has 78 valence electrons. The minimum absolute atomic E-state index is 0.0556. The number of halogens is 2. The molecule has 4 nitrogen and oxygen atoms in total. The highest BCUT2D eigenvalue weighted by atomic mass is 79.9. The van der Waals surface area contributed by atoms with E-state index < -0.39 is 0 Å². The van der Waals surface area contributed by atoms with E-state index in [1.54, 1.807) is 0 Å². The molecular formula is C7H4Br2N4S2. The zero-order valence-corrected chi connectivity index (χ0v) is 12.2. The van der Waals surface area contributed by atoms with E-state index >= 15 is 0 Å². The van der Waals surface area contributed by atoms with Crippen molar-refractivity contribution in [2.24, 2.45) is 4.40 Å². The third-order valence-corrected chi connectivity index (χ3v) is 5.10. The summed E-state index contributed by atoms with van der Waals surface area (Å²) < 4.78 is 16.0. The molecule has 1 aliphatic carbocycles. The molecule has 1 aliphatic heterocycles. The van der Waals surface area contributed by atoms with Gasteiger partial charge < -0.3 is 0 Å². The Labute approximate surface area is 112 Å². The standard InChI is InChI=1S/C7H4Br2N4S2/c1-13-7-3(9)5-4(10-14-11-5)2(8)6(7)12-15-13/h2H,1H3. The minimum Gasteiger partial charge on any atom is -0.297 e. The lowest BCUT2D eigenvalue weighted by Gasteiger charge is -2.20. The van der Waals surface area contributed by atoms with Crippen LogP contribution in [-0.4, -0.2) is 25.8 Å². The van der Waals surface area contributed by atoms with Crippen LogP contribution in [0.3, 0.4) is 0 Å². The molecule has 0 bridgehead atoms. The summed E-state index contributed by atoms with van der Waals surface area (Å²) in [5.41, 5.74) is 3.96. The predicted molar refractivity (Wildman–Crippen MR) is 70.2 cm³/mol. The maximum atomic E-state index is 4.41. The molecule has 0 N–H and O–H groups in total. The Morgan fingerprint density at radius 2 is 2.20 bits per heavy atom. The summed E-state index contributed by atoms with van der Waals surface area (Å²) in [4.78, 5) is 0.0556. The lowest BCUT2D eigenvalue weighted by molar-refractivity contribution is 0.752. The summed E-state index contributed by atoms with van der Waals surface area (Å²) in [5, 5.41) is 0. The first kappa shape index (κ1) is 10.2. The Balaban J connectivity index is 2.28. The Bertz CT molecular complexity index is 495. The summed E-state index contributed by atoms with van der Waals surface area (Å²) in [6.45, 7) is 0. The molecular weight excluding hydrogens is 364 g/mol.